The molecule has 0 aromatic heterocycles. The first-order valence-corrected chi connectivity index (χ1v) is 2.81. The van der Waals surface area contributed by atoms with Crippen molar-refractivity contribution in [3.63, 3.8) is 0 Å². The number of carbonyl (C=O) groups excluding carboxylic acids is 2. The normalized spacial score (nSPS) is 31.1. The molecule has 0 bridgehead atoms. The molecule has 2 atom stereocenters. The van der Waals surface area contributed by atoms with Gasteiger partial charge in [0.2, 0.25) is 0 Å². The van der Waals surface area contributed by atoms with Crippen LogP contribution in [0.3, 0.4) is 0 Å². The van der Waals surface area contributed by atoms with Crippen LogP contribution in [0.25, 0.3) is 0 Å². The summed E-state index contributed by atoms with van der Waals surface area (Å²) in [4.78, 5) is 20.5. The Morgan fingerprint density at radius 1 is 1.80 bits per heavy atom. The van der Waals surface area contributed by atoms with Crippen molar-refractivity contribution in [1.29, 1.82) is 0 Å². The summed E-state index contributed by atoms with van der Waals surface area (Å²) in [7, 11) is 0. The molecule has 0 saturated carbocycles. The molecule has 0 radical (unpaired) electrons. The highest BCUT2D eigenvalue weighted by Gasteiger charge is 2.32. The molecular weight excluding hydrogens is 138 g/mol. The molecule has 0 unspecified atom stereocenters. The number of amides is 1. The van der Waals surface area contributed by atoms with E-state index in [1.807, 2.05) is 0 Å². The van der Waals surface area contributed by atoms with E-state index in [1.54, 1.807) is 0 Å². The summed E-state index contributed by atoms with van der Waals surface area (Å²) in [6.07, 6.45) is -0.840. The first kappa shape index (κ1) is 7.01. The quantitative estimate of drug-likeness (QED) is 0.471. The molecule has 1 rings (SSSR count). The van der Waals surface area contributed by atoms with Crippen LogP contribution in [0.2, 0.25) is 0 Å². The fraction of sp³-hybridized carbons (Fsp3) is 0.600. The monoisotopic (exact) mass is 145 g/mol. The summed E-state index contributed by atoms with van der Waals surface area (Å²) >= 11 is 0. The molecule has 0 aromatic carbocycles. The van der Waals surface area contributed by atoms with Gasteiger partial charge < -0.3 is 20.0 Å². The topological polar surface area (TPSA) is 75.6 Å². The third-order valence-corrected chi connectivity index (χ3v) is 1.27. The molecule has 1 fully saturated rings. The highest BCUT2D eigenvalue weighted by Crippen LogP contribution is 2.04. The lowest BCUT2D eigenvalue weighted by Crippen LogP contribution is -2.34. The largest absolute Gasteiger partial charge is 0.441 e. The average molecular weight is 145 g/mol. The van der Waals surface area contributed by atoms with Gasteiger partial charge in [-0.05, 0) is 0 Å². The van der Waals surface area contributed by atoms with Crippen molar-refractivity contribution >= 4 is 12.4 Å². The Balaban J connectivity index is 2.56. The van der Waals surface area contributed by atoms with E-state index in [2.05, 4.69) is 10.1 Å². The predicted octanol–water partition coefficient (Wildman–Crippen LogP) is -1.35. The molecule has 1 aliphatic heterocycles. The number of cyclic esters (lactones) is 1. The Morgan fingerprint density at radius 3 is 2.90 bits per heavy atom. The van der Waals surface area contributed by atoms with Crippen LogP contribution in [0.5, 0.6) is 0 Å². The molecule has 10 heavy (non-hydrogen) atoms. The van der Waals surface area contributed by atoms with Crippen LogP contribution in [0, 0.1) is 0 Å². The van der Waals surface area contributed by atoms with E-state index < -0.39 is 18.2 Å². The summed E-state index contributed by atoms with van der Waals surface area (Å²) in [5.74, 6) is 0. The number of carbonyl (C=O) groups is 2. The molecule has 5 nitrogen and oxygen atoms in total. The van der Waals surface area contributed by atoms with Gasteiger partial charge in [-0.1, -0.05) is 0 Å². The van der Waals surface area contributed by atoms with Crippen molar-refractivity contribution < 1.29 is 19.4 Å². The standard InChI is InChI=1S/C5H7NO4/c7-1-3-4(2-8)10-5(9)6-3/h1,3-4,8H,2H2,(H,6,9)/t3-,4-/m1/s1. The van der Waals surface area contributed by atoms with Crippen LogP contribution in [-0.2, 0) is 9.53 Å². The maximum atomic E-state index is 10.4. The van der Waals surface area contributed by atoms with Crippen LogP contribution in [0.1, 0.15) is 0 Å². The number of ether oxygens (including phenoxy) is 1. The predicted molar refractivity (Wildman–Crippen MR) is 30.3 cm³/mol. The zero-order valence-electron chi connectivity index (χ0n) is 5.11. The summed E-state index contributed by atoms with van der Waals surface area (Å²) in [5, 5.41) is 10.7. The minimum Gasteiger partial charge on any atom is -0.441 e. The number of aliphatic hydroxyl groups is 1. The molecule has 0 aliphatic carbocycles. The van der Waals surface area contributed by atoms with Gasteiger partial charge in [-0.3, -0.25) is 0 Å². The lowest BCUT2D eigenvalue weighted by atomic mass is 10.2. The first-order valence-electron chi connectivity index (χ1n) is 2.81. The first-order chi connectivity index (χ1) is 4.77. The van der Waals surface area contributed by atoms with E-state index in [-0.39, 0.29) is 6.61 Å². The average Bonchev–Trinajstić information content (AvgIpc) is 2.30. The molecule has 1 saturated heterocycles. The second-order valence-electron chi connectivity index (χ2n) is 1.93. The maximum Gasteiger partial charge on any atom is 0.408 e. The Bertz CT molecular complexity index is 158. The van der Waals surface area contributed by atoms with Gasteiger partial charge in [0.25, 0.3) is 0 Å². The van der Waals surface area contributed by atoms with Crippen molar-refractivity contribution in [2.24, 2.45) is 0 Å². The minimum absolute atomic E-state index is 0.331. The molecule has 1 amide bonds. The fourth-order valence-electron chi connectivity index (χ4n) is 0.746. The van der Waals surface area contributed by atoms with E-state index in [1.165, 1.54) is 0 Å². The van der Waals surface area contributed by atoms with Gasteiger partial charge in [-0.15, -0.1) is 0 Å². The molecule has 5 heteroatoms. The van der Waals surface area contributed by atoms with Crippen molar-refractivity contribution in [2.75, 3.05) is 6.61 Å². The Kier molecular flexibility index (Phi) is 1.86. The Labute approximate surface area is 57.0 Å². The smallest absolute Gasteiger partial charge is 0.408 e. The molecule has 0 spiro atoms. The van der Waals surface area contributed by atoms with Crippen LogP contribution in [0.4, 0.5) is 4.79 Å². The van der Waals surface area contributed by atoms with Gasteiger partial charge in [0, 0.05) is 0 Å². The SMILES string of the molecule is O=C[C@H]1NC(=O)O[C@@H]1CO. The van der Waals surface area contributed by atoms with Crippen LogP contribution >= 0.6 is 0 Å². The van der Waals surface area contributed by atoms with E-state index in [4.69, 9.17) is 5.11 Å². The molecule has 56 valence electrons. The van der Waals surface area contributed by atoms with Gasteiger partial charge in [0.1, 0.15) is 12.3 Å². The molecule has 1 aliphatic rings. The summed E-state index contributed by atoms with van der Waals surface area (Å²) in [6.45, 7) is -0.331. The van der Waals surface area contributed by atoms with Crippen molar-refractivity contribution in [3.8, 4) is 0 Å². The third kappa shape index (κ3) is 1.08. The van der Waals surface area contributed by atoms with Crippen LogP contribution < -0.4 is 5.32 Å². The minimum atomic E-state index is -0.718. The van der Waals surface area contributed by atoms with Crippen molar-refractivity contribution in [2.45, 2.75) is 12.1 Å². The summed E-state index contributed by atoms with van der Waals surface area (Å²) < 4.78 is 4.48. The number of nitrogens with one attached hydrogen (secondary N) is 1. The number of hydrogen-bond donors (Lipinski definition) is 2. The zero-order chi connectivity index (χ0) is 7.56. The van der Waals surface area contributed by atoms with Crippen molar-refractivity contribution in [1.82, 2.24) is 5.32 Å². The van der Waals surface area contributed by atoms with Crippen LogP contribution in [0.15, 0.2) is 0 Å². The van der Waals surface area contributed by atoms with E-state index in [0.717, 1.165) is 0 Å². The summed E-state index contributed by atoms with van der Waals surface area (Å²) in [6, 6.07) is -0.697. The second-order valence-corrected chi connectivity index (χ2v) is 1.93. The highest BCUT2D eigenvalue weighted by molar-refractivity contribution is 5.77. The third-order valence-electron chi connectivity index (χ3n) is 1.27. The van der Waals surface area contributed by atoms with E-state index in [0.29, 0.717) is 6.29 Å². The number of aliphatic hydroxyl groups excluding tert-OH is 1. The second kappa shape index (κ2) is 2.66. The molecule has 1 heterocycles. The van der Waals surface area contributed by atoms with Gasteiger partial charge in [0.15, 0.2) is 6.10 Å². The maximum absolute atomic E-state index is 10.4. The van der Waals surface area contributed by atoms with Gasteiger partial charge >= 0.3 is 6.09 Å². The highest BCUT2D eigenvalue weighted by atomic mass is 16.6. The lowest BCUT2D eigenvalue weighted by molar-refractivity contribution is -0.110. The van der Waals surface area contributed by atoms with E-state index >= 15 is 0 Å². The van der Waals surface area contributed by atoms with Gasteiger partial charge in [0.05, 0.1) is 6.61 Å². The van der Waals surface area contributed by atoms with Crippen LogP contribution in [-0.4, -0.2) is 36.2 Å². The Morgan fingerprint density at radius 2 is 2.50 bits per heavy atom. The number of alkyl carbamates (subject to hydrolysis) is 1. The zero-order valence-corrected chi connectivity index (χ0v) is 5.11. The van der Waals surface area contributed by atoms with E-state index in [9.17, 15) is 9.59 Å². The van der Waals surface area contributed by atoms with Gasteiger partial charge in [-0.2, -0.15) is 0 Å². The summed E-state index contributed by atoms with van der Waals surface area (Å²) in [5.41, 5.74) is 0. The number of hydrogen-bond acceptors (Lipinski definition) is 4. The molecule has 2 N–H and O–H groups in total. The number of aldehydes is 1. The molecular formula is C5H7NO4. The van der Waals surface area contributed by atoms with Gasteiger partial charge in [-0.25, -0.2) is 4.79 Å². The lowest BCUT2D eigenvalue weighted by Gasteiger charge is -2.05. The molecule has 0 aromatic rings. The Hall–Kier alpha value is -1.10. The number of rotatable bonds is 2. The fourth-order valence-corrected chi connectivity index (χ4v) is 0.746. The van der Waals surface area contributed by atoms with Crippen molar-refractivity contribution in [3.05, 3.63) is 0 Å².